The number of hydrogen-bond acceptors (Lipinski definition) is 8. The highest BCUT2D eigenvalue weighted by Gasteiger charge is 2.42. The molecule has 0 spiro atoms. The number of fused-ring (bicyclic) bond motifs is 2. The highest BCUT2D eigenvalue weighted by atomic mass is 32.1. The lowest BCUT2D eigenvalue weighted by atomic mass is 10.0. The van der Waals surface area contributed by atoms with Crippen molar-refractivity contribution in [3.8, 4) is 12.1 Å². The average molecular weight is 424 g/mol. The number of hydrogen-bond donors (Lipinski definition) is 3. The molecule has 2 aliphatic rings. The van der Waals surface area contributed by atoms with Crippen LogP contribution in [0.15, 0.2) is 18.5 Å². The number of carbonyl (C=O) groups is 1. The summed E-state index contributed by atoms with van der Waals surface area (Å²) in [5.41, 5.74) is 2.16. The lowest BCUT2D eigenvalue weighted by Gasteiger charge is -2.21. The first-order valence-electron chi connectivity index (χ1n) is 9.71. The van der Waals surface area contributed by atoms with Crippen molar-refractivity contribution < 1.29 is 9.53 Å². The minimum absolute atomic E-state index is 0.150. The molecule has 3 N–H and O–H groups in total. The molecule has 0 unspecified atom stereocenters. The van der Waals surface area contributed by atoms with Crippen molar-refractivity contribution in [3.05, 3.63) is 24.0 Å². The highest BCUT2D eigenvalue weighted by Crippen LogP contribution is 2.40. The van der Waals surface area contributed by atoms with E-state index >= 15 is 0 Å². The van der Waals surface area contributed by atoms with Crippen LogP contribution < -0.4 is 15.4 Å². The minimum Gasteiger partial charge on any atom is -0.466 e. The summed E-state index contributed by atoms with van der Waals surface area (Å²) < 4.78 is 8.94. The number of nitrogens with one attached hydrogen (secondary N) is 3. The SMILES string of the molecule is COc1nsc(NC(=O)N2C[C@H]3C[C@@H](Nc4c(C#N)cnc5[nH]ccc45)C[C@H]3C2)n1. The summed E-state index contributed by atoms with van der Waals surface area (Å²) in [4.78, 5) is 25.9. The van der Waals surface area contributed by atoms with Gasteiger partial charge in [-0.25, -0.2) is 9.78 Å². The van der Waals surface area contributed by atoms with E-state index in [1.807, 2.05) is 17.2 Å². The predicted octanol–water partition coefficient (Wildman–Crippen LogP) is 2.65. The van der Waals surface area contributed by atoms with Gasteiger partial charge in [-0.3, -0.25) is 5.32 Å². The van der Waals surface area contributed by atoms with Gasteiger partial charge in [-0.2, -0.15) is 10.2 Å². The lowest BCUT2D eigenvalue weighted by molar-refractivity contribution is 0.218. The van der Waals surface area contributed by atoms with E-state index in [4.69, 9.17) is 4.74 Å². The van der Waals surface area contributed by atoms with E-state index in [0.29, 0.717) is 35.6 Å². The summed E-state index contributed by atoms with van der Waals surface area (Å²) in [5, 5.41) is 17.2. The molecule has 1 saturated heterocycles. The van der Waals surface area contributed by atoms with E-state index in [-0.39, 0.29) is 18.1 Å². The third-order valence-corrected chi connectivity index (χ3v) is 6.51. The molecule has 1 aliphatic heterocycles. The third-order valence-electron chi connectivity index (χ3n) is 5.90. The fourth-order valence-corrected chi connectivity index (χ4v) is 5.08. The van der Waals surface area contributed by atoms with Crippen LogP contribution >= 0.6 is 11.5 Å². The Morgan fingerprint density at radius 1 is 1.40 bits per heavy atom. The summed E-state index contributed by atoms with van der Waals surface area (Å²) >= 11 is 1.10. The number of likely N-dealkylation sites (tertiary alicyclic amines) is 1. The molecule has 4 heterocycles. The molecule has 10 nitrogen and oxygen atoms in total. The molecular formula is C19H20N8O2S. The van der Waals surface area contributed by atoms with Crippen LogP contribution in [0.2, 0.25) is 0 Å². The molecule has 0 radical (unpaired) electrons. The van der Waals surface area contributed by atoms with Crippen molar-refractivity contribution in [2.45, 2.75) is 18.9 Å². The molecule has 3 aromatic heterocycles. The van der Waals surface area contributed by atoms with Gasteiger partial charge in [0, 0.05) is 48.4 Å². The van der Waals surface area contributed by atoms with Gasteiger partial charge in [0.2, 0.25) is 5.13 Å². The maximum atomic E-state index is 12.6. The number of amides is 2. The molecule has 0 aromatic carbocycles. The average Bonchev–Trinajstić information content (AvgIpc) is 3.51. The van der Waals surface area contributed by atoms with Crippen LogP contribution in [0.4, 0.5) is 15.6 Å². The Kier molecular flexibility index (Phi) is 4.63. The number of pyridine rings is 1. The van der Waals surface area contributed by atoms with Crippen LogP contribution in [0.5, 0.6) is 6.01 Å². The Bertz CT molecular complexity index is 1120. The summed E-state index contributed by atoms with van der Waals surface area (Å²) in [5.74, 6) is 0.873. The predicted molar refractivity (Wildman–Crippen MR) is 111 cm³/mol. The summed E-state index contributed by atoms with van der Waals surface area (Å²) in [7, 11) is 1.49. The zero-order valence-corrected chi connectivity index (χ0v) is 17.1. The van der Waals surface area contributed by atoms with Gasteiger partial charge >= 0.3 is 12.0 Å². The van der Waals surface area contributed by atoms with Crippen molar-refractivity contribution in [1.29, 1.82) is 5.26 Å². The Morgan fingerprint density at radius 2 is 2.20 bits per heavy atom. The molecule has 5 rings (SSSR count). The highest BCUT2D eigenvalue weighted by molar-refractivity contribution is 7.10. The number of ether oxygens (including phenoxy) is 1. The molecule has 1 aliphatic carbocycles. The number of nitrogens with zero attached hydrogens (tertiary/aromatic N) is 5. The zero-order chi connectivity index (χ0) is 20.7. The van der Waals surface area contributed by atoms with Crippen LogP contribution in [-0.2, 0) is 0 Å². The molecule has 30 heavy (non-hydrogen) atoms. The Hall–Kier alpha value is -3.39. The van der Waals surface area contributed by atoms with Gasteiger partial charge in [0.1, 0.15) is 11.7 Å². The van der Waals surface area contributed by atoms with Crippen molar-refractivity contribution in [2.24, 2.45) is 11.8 Å². The van der Waals surface area contributed by atoms with E-state index in [0.717, 1.165) is 41.1 Å². The van der Waals surface area contributed by atoms with Crippen LogP contribution in [0.1, 0.15) is 18.4 Å². The second-order valence-electron chi connectivity index (χ2n) is 7.65. The van der Waals surface area contributed by atoms with Crippen LogP contribution in [-0.4, -0.2) is 56.5 Å². The fourth-order valence-electron chi connectivity index (χ4n) is 4.55. The van der Waals surface area contributed by atoms with Gasteiger partial charge in [0.25, 0.3) is 0 Å². The molecule has 2 amide bonds. The first kappa shape index (κ1) is 18.6. The second-order valence-corrected chi connectivity index (χ2v) is 8.40. The van der Waals surface area contributed by atoms with E-state index in [9.17, 15) is 10.1 Å². The maximum Gasteiger partial charge on any atom is 0.329 e. The minimum atomic E-state index is -0.150. The maximum absolute atomic E-state index is 12.6. The van der Waals surface area contributed by atoms with E-state index in [2.05, 4.69) is 36.0 Å². The molecule has 3 atom stereocenters. The van der Waals surface area contributed by atoms with Gasteiger partial charge in [0.05, 0.1) is 18.4 Å². The topological polar surface area (TPSA) is 132 Å². The molecular weight excluding hydrogens is 404 g/mol. The fraction of sp³-hybridized carbons (Fsp3) is 0.421. The van der Waals surface area contributed by atoms with Crippen molar-refractivity contribution in [1.82, 2.24) is 24.2 Å². The van der Waals surface area contributed by atoms with Crippen LogP contribution in [0, 0.1) is 23.2 Å². The Morgan fingerprint density at radius 3 is 2.90 bits per heavy atom. The number of nitriles is 1. The molecule has 3 aromatic rings. The van der Waals surface area contributed by atoms with Crippen LogP contribution in [0.25, 0.3) is 11.0 Å². The standard InChI is InChI=1S/C19H20N8O2S/c1-29-17-24-18(30-26-17)25-19(28)27-8-10-4-13(5-11(10)9-27)23-15-12(6-20)7-22-16-14(15)2-3-21-16/h2-3,7,10-11,13H,4-5,8-9H2,1H3,(H2,21,22,23)(H,24,25,26,28)/t10-,11+,13-. The molecule has 1 saturated carbocycles. The number of rotatable bonds is 4. The monoisotopic (exact) mass is 424 g/mol. The van der Waals surface area contributed by atoms with E-state index in [1.54, 1.807) is 6.20 Å². The molecule has 154 valence electrons. The summed E-state index contributed by atoms with van der Waals surface area (Å²) in [6.45, 7) is 1.43. The van der Waals surface area contributed by atoms with E-state index in [1.165, 1.54) is 7.11 Å². The lowest BCUT2D eigenvalue weighted by Crippen LogP contribution is -2.34. The van der Waals surface area contributed by atoms with Crippen LogP contribution in [0.3, 0.4) is 0 Å². The third kappa shape index (κ3) is 3.29. The van der Waals surface area contributed by atoms with Gasteiger partial charge < -0.3 is 19.9 Å². The van der Waals surface area contributed by atoms with Gasteiger partial charge in [-0.15, -0.1) is 4.37 Å². The first-order chi connectivity index (χ1) is 14.6. The Balaban J connectivity index is 1.22. The largest absolute Gasteiger partial charge is 0.466 e. The number of aromatic amines is 1. The number of urea groups is 1. The van der Waals surface area contributed by atoms with E-state index < -0.39 is 0 Å². The molecule has 2 fully saturated rings. The van der Waals surface area contributed by atoms with Crippen molar-refractivity contribution in [2.75, 3.05) is 30.8 Å². The quantitative estimate of drug-likeness (QED) is 0.586. The first-order valence-corrected chi connectivity index (χ1v) is 10.5. The number of methoxy groups -OCH3 is 1. The smallest absolute Gasteiger partial charge is 0.329 e. The van der Waals surface area contributed by atoms with Crippen molar-refractivity contribution >= 4 is 39.4 Å². The number of carbonyl (C=O) groups excluding carboxylic acids is 1. The van der Waals surface area contributed by atoms with Gasteiger partial charge in [0.15, 0.2) is 0 Å². The molecule has 0 bridgehead atoms. The summed E-state index contributed by atoms with van der Waals surface area (Å²) in [6, 6.07) is 4.55. The number of aromatic nitrogens is 4. The second kappa shape index (κ2) is 7.46. The Labute approximate surface area is 176 Å². The van der Waals surface area contributed by atoms with Gasteiger partial charge in [-0.05, 0) is 30.7 Å². The van der Waals surface area contributed by atoms with Crippen molar-refractivity contribution in [3.63, 3.8) is 0 Å². The summed E-state index contributed by atoms with van der Waals surface area (Å²) in [6.07, 6.45) is 5.35. The number of anilines is 2. The normalized spacial score (nSPS) is 22.7. The van der Waals surface area contributed by atoms with Gasteiger partial charge in [-0.1, -0.05) is 0 Å². The molecule has 11 heteroatoms. The zero-order valence-electron chi connectivity index (χ0n) is 16.3. The number of H-pyrrole nitrogens is 1.